The molecule has 4 nitrogen and oxygen atoms in total. The fraction of sp³-hybridized carbons (Fsp3) is 0.917. The number of rotatable bonds is 8. The Labute approximate surface area is 108 Å². The summed E-state index contributed by atoms with van der Waals surface area (Å²) in [5.74, 6) is 0.606. The quantitative estimate of drug-likeness (QED) is 0.649. The Kier molecular flexibility index (Phi) is 8.64. The summed E-state index contributed by atoms with van der Waals surface area (Å²) >= 11 is 1.67. The SMILES string of the molecule is COC(=O)C(CCSC(C)C(C)O)NC(C)C. The van der Waals surface area contributed by atoms with Crippen molar-refractivity contribution in [3.05, 3.63) is 0 Å². The molecule has 0 amide bonds. The van der Waals surface area contributed by atoms with E-state index in [2.05, 4.69) is 5.32 Å². The van der Waals surface area contributed by atoms with Crippen molar-refractivity contribution in [1.29, 1.82) is 0 Å². The van der Waals surface area contributed by atoms with Crippen molar-refractivity contribution in [1.82, 2.24) is 5.32 Å². The molecule has 0 fully saturated rings. The molecular formula is C12H25NO3S. The van der Waals surface area contributed by atoms with E-state index in [1.807, 2.05) is 20.8 Å². The molecule has 0 aliphatic rings. The van der Waals surface area contributed by atoms with Gasteiger partial charge in [0.1, 0.15) is 6.04 Å². The van der Waals surface area contributed by atoms with E-state index in [0.29, 0.717) is 6.42 Å². The molecule has 0 radical (unpaired) electrons. The van der Waals surface area contributed by atoms with Crippen molar-refractivity contribution < 1.29 is 14.6 Å². The van der Waals surface area contributed by atoms with Gasteiger partial charge >= 0.3 is 5.97 Å². The normalized spacial score (nSPS) is 16.6. The molecule has 0 spiro atoms. The summed E-state index contributed by atoms with van der Waals surface area (Å²) in [6.45, 7) is 7.77. The molecule has 0 aromatic rings. The third kappa shape index (κ3) is 7.63. The van der Waals surface area contributed by atoms with Gasteiger partial charge in [0.05, 0.1) is 13.2 Å². The number of aliphatic hydroxyl groups excluding tert-OH is 1. The Morgan fingerprint density at radius 3 is 2.35 bits per heavy atom. The molecule has 5 heteroatoms. The van der Waals surface area contributed by atoms with E-state index >= 15 is 0 Å². The number of ether oxygens (including phenoxy) is 1. The summed E-state index contributed by atoms with van der Waals surface area (Å²) in [6, 6.07) is -0.00742. The van der Waals surface area contributed by atoms with Gasteiger partial charge in [-0.2, -0.15) is 11.8 Å². The monoisotopic (exact) mass is 263 g/mol. The van der Waals surface area contributed by atoms with Gasteiger partial charge in [0.25, 0.3) is 0 Å². The van der Waals surface area contributed by atoms with E-state index in [1.165, 1.54) is 7.11 Å². The van der Waals surface area contributed by atoms with Gasteiger partial charge in [0.2, 0.25) is 0 Å². The van der Waals surface area contributed by atoms with Crippen molar-refractivity contribution in [3.8, 4) is 0 Å². The Bertz CT molecular complexity index is 222. The van der Waals surface area contributed by atoms with Gasteiger partial charge in [-0.3, -0.25) is 4.79 Å². The lowest BCUT2D eigenvalue weighted by molar-refractivity contribution is -0.143. The van der Waals surface area contributed by atoms with Crippen molar-refractivity contribution in [2.24, 2.45) is 0 Å². The van der Waals surface area contributed by atoms with Crippen LogP contribution in [-0.2, 0) is 9.53 Å². The van der Waals surface area contributed by atoms with Crippen LogP contribution in [0.15, 0.2) is 0 Å². The average Bonchev–Trinajstić information content (AvgIpc) is 2.25. The van der Waals surface area contributed by atoms with Crippen LogP contribution in [0.1, 0.15) is 34.1 Å². The maximum atomic E-state index is 11.5. The number of aliphatic hydroxyl groups is 1. The van der Waals surface area contributed by atoms with Gasteiger partial charge in [0.15, 0.2) is 0 Å². The third-order valence-electron chi connectivity index (χ3n) is 2.49. The van der Waals surface area contributed by atoms with Crippen LogP contribution in [0, 0.1) is 0 Å². The van der Waals surface area contributed by atoms with Gasteiger partial charge in [-0.25, -0.2) is 0 Å². The smallest absolute Gasteiger partial charge is 0.322 e. The molecule has 0 saturated carbocycles. The second-order valence-electron chi connectivity index (χ2n) is 4.50. The van der Waals surface area contributed by atoms with E-state index in [-0.39, 0.29) is 29.4 Å². The third-order valence-corrected chi connectivity index (χ3v) is 3.88. The zero-order chi connectivity index (χ0) is 13.4. The lowest BCUT2D eigenvalue weighted by atomic mass is 10.2. The molecule has 0 aromatic carbocycles. The number of esters is 1. The van der Waals surface area contributed by atoms with Crippen LogP contribution in [-0.4, -0.2) is 47.4 Å². The summed E-state index contributed by atoms with van der Waals surface area (Å²) in [6.07, 6.45) is 0.390. The predicted molar refractivity (Wildman–Crippen MR) is 72.3 cm³/mol. The van der Waals surface area contributed by atoms with Crippen LogP contribution in [0.5, 0.6) is 0 Å². The molecule has 0 saturated heterocycles. The minimum atomic E-state index is -0.324. The summed E-state index contributed by atoms with van der Waals surface area (Å²) in [4.78, 5) is 11.5. The molecule has 3 atom stereocenters. The standard InChI is InChI=1S/C12H25NO3S/c1-8(2)13-11(12(15)16-5)6-7-17-10(4)9(3)14/h8-11,13-14H,6-7H2,1-5H3. The zero-order valence-corrected chi connectivity index (χ0v) is 12.2. The molecule has 3 unspecified atom stereocenters. The zero-order valence-electron chi connectivity index (χ0n) is 11.4. The summed E-state index contributed by atoms with van der Waals surface area (Å²) < 4.78 is 4.76. The highest BCUT2D eigenvalue weighted by atomic mass is 32.2. The first-order valence-corrected chi connectivity index (χ1v) is 7.06. The fourth-order valence-corrected chi connectivity index (χ4v) is 2.35. The summed E-state index contributed by atoms with van der Waals surface area (Å²) in [5.41, 5.74) is 0. The Hall–Kier alpha value is -0.260. The lowest BCUT2D eigenvalue weighted by Gasteiger charge is -2.20. The van der Waals surface area contributed by atoms with Crippen molar-refractivity contribution in [2.45, 2.75) is 57.6 Å². The highest BCUT2D eigenvalue weighted by molar-refractivity contribution is 7.99. The van der Waals surface area contributed by atoms with Gasteiger partial charge in [0, 0.05) is 11.3 Å². The molecule has 0 aliphatic carbocycles. The fourth-order valence-electron chi connectivity index (χ4n) is 1.32. The number of carbonyl (C=O) groups is 1. The molecule has 0 bridgehead atoms. The lowest BCUT2D eigenvalue weighted by Crippen LogP contribution is -2.42. The largest absolute Gasteiger partial charge is 0.468 e. The molecule has 0 heterocycles. The number of thioether (sulfide) groups is 1. The highest BCUT2D eigenvalue weighted by Gasteiger charge is 2.20. The van der Waals surface area contributed by atoms with Gasteiger partial charge < -0.3 is 15.2 Å². The minimum Gasteiger partial charge on any atom is -0.468 e. The number of methoxy groups -OCH3 is 1. The number of carbonyl (C=O) groups excluding carboxylic acids is 1. The second-order valence-corrected chi connectivity index (χ2v) is 5.99. The first-order chi connectivity index (χ1) is 7.88. The van der Waals surface area contributed by atoms with Crippen molar-refractivity contribution in [3.63, 3.8) is 0 Å². The van der Waals surface area contributed by atoms with E-state index in [9.17, 15) is 9.90 Å². The molecule has 0 rings (SSSR count). The van der Waals surface area contributed by atoms with Crippen molar-refractivity contribution in [2.75, 3.05) is 12.9 Å². The van der Waals surface area contributed by atoms with Gasteiger partial charge in [-0.05, 0) is 19.1 Å². The number of hydrogen-bond donors (Lipinski definition) is 2. The van der Waals surface area contributed by atoms with Crippen LogP contribution < -0.4 is 5.32 Å². The van der Waals surface area contributed by atoms with Crippen LogP contribution in [0.3, 0.4) is 0 Å². The van der Waals surface area contributed by atoms with Gasteiger partial charge in [-0.15, -0.1) is 0 Å². The van der Waals surface area contributed by atoms with Crippen LogP contribution >= 0.6 is 11.8 Å². The summed E-state index contributed by atoms with van der Waals surface area (Å²) in [5, 5.41) is 12.7. The molecule has 0 aliphatic heterocycles. The Morgan fingerprint density at radius 1 is 1.35 bits per heavy atom. The average molecular weight is 263 g/mol. The first-order valence-electron chi connectivity index (χ1n) is 6.02. The molecule has 0 aromatic heterocycles. The second kappa shape index (κ2) is 8.78. The van der Waals surface area contributed by atoms with E-state index in [1.54, 1.807) is 18.7 Å². The molecule has 102 valence electrons. The minimum absolute atomic E-state index is 0.187. The van der Waals surface area contributed by atoms with E-state index < -0.39 is 0 Å². The number of hydrogen-bond acceptors (Lipinski definition) is 5. The summed E-state index contributed by atoms with van der Waals surface area (Å²) in [7, 11) is 1.41. The first kappa shape index (κ1) is 16.7. The predicted octanol–water partition coefficient (Wildman–Crippen LogP) is 1.42. The van der Waals surface area contributed by atoms with Crippen molar-refractivity contribution >= 4 is 17.7 Å². The van der Waals surface area contributed by atoms with Crippen LogP contribution in [0.2, 0.25) is 0 Å². The Morgan fingerprint density at radius 2 is 1.94 bits per heavy atom. The van der Waals surface area contributed by atoms with E-state index in [4.69, 9.17) is 4.74 Å². The molecular weight excluding hydrogens is 238 g/mol. The van der Waals surface area contributed by atoms with Gasteiger partial charge in [-0.1, -0.05) is 20.8 Å². The van der Waals surface area contributed by atoms with Crippen LogP contribution in [0.25, 0.3) is 0 Å². The van der Waals surface area contributed by atoms with E-state index in [0.717, 1.165) is 5.75 Å². The molecule has 17 heavy (non-hydrogen) atoms. The maximum absolute atomic E-state index is 11.5. The van der Waals surface area contributed by atoms with Crippen LogP contribution in [0.4, 0.5) is 0 Å². The highest BCUT2D eigenvalue weighted by Crippen LogP contribution is 2.16. The number of nitrogens with one attached hydrogen (secondary N) is 1. The topological polar surface area (TPSA) is 58.6 Å². The maximum Gasteiger partial charge on any atom is 0.322 e. The molecule has 2 N–H and O–H groups in total. The Balaban J connectivity index is 4.04.